The minimum Gasteiger partial charge on any atom is -0.497 e. The molecule has 2 aromatic carbocycles. The summed E-state index contributed by atoms with van der Waals surface area (Å²) in [5.41, 5.74) is -0.858. The van der Waals surface area contributed by atoms with Crippen LogP contribution in [0.25, 0.3) is 15.2 Å². The van der Waals surface area contributed by atoms with Crippen LogP contribution in [0.2, 0.25) is 0 Å². The van der Waals surface area contributed by atoms with Gasteiger partial charge in [0, 0.05) is 6.20 Å². The van der Waals surface area contributed by atoms with Gasteiger partial charge in [-0.25, -0.2) is 4.98 Å². The molecule has 6 nitrogen and oxygen atoms in total. The minimum atomic E-state index is -4.77. The number of carbonyl (C=O) groups excluding carboxylic acids is 1. The Labute approximate surface area is 171 Å². The van der Waals surface area contributed by atoms with E-state index in [4.69, 9.17) is 4.74 Å². The van der Waals surface area contributed by atoms with Gasteiger partial charge in [-0.15, -0.1) is 0 Å². The maximum absolute atomic E-state index is 13.6. The molecule has 0 saturated heterocycles. The molecule has 2 aromatic heterocycles. The topological polar surface area (TPSA) is 72.7 Å². The number of methoxy groups -OCH3 is 1. The van der Waals surface area contributed by atoms with E-state index in [1.807, 2.05) is 5.32 Å². The largest absolute Gasteiger partial charge is 0.497 e. The van der Waals surface area contributed by atoms with E-state index in [0.29, 0.717) is 16.2 Å². The van der Waals surface area contributed by atoms with E-state index in [2.05, 4.69) is 4.98 Å². The summed E-state index contributed by atoms with van der Waals surface area (Å²) in [5, 5.41) is 1.92. The van der Waals surface area contributed by atoms with E-state index in [0.717, 1.165) is 10.9 Å². The zero-order valence-electron chi connectivity index (χ0n) is 15.4. The quantitative estimate of drug-likeness (QED) is 0.529. The van der Waals surface area contributed by atoms with E-state index < -0.39 is 29.2 Å². The fourth-order valence-electron chi connectivity index (χ4n) is 3.07. The van der Waals surface area contributed by atoms with Gasteiger partial charge in [-0.3, -0.25) is 14.0 Å². The summed E-state index contributed by atoms with van der Waals surface area (Å²) in [6.07, 6.45) is -3.77. The molecule has 4 rings (SSSR count). The number of carbonyl (C=O) groups is 1. The van der Waals surface area contributed by atoms with E-state index >= 15 is 0 Å². The number of ether oxygens (including phenoxy) is 1. The van der Waals surface area contributed by atoms with Gasteiger partial charge in [0.05, 0.1) is 17.3 Å². The number of nitrogens with one attached hydrogen (secondary N) is 1. The molecule has 1 unspecified atom stereocenters. The van der Waals surface area contributed by atoms with Crippen LogP contribution in [0, 0.1) is 0 Å². The molecule has 10 heteroatoms. The molecule has 0 aliphatic carbocycles. The average Bonchev–Trinajstić information content (AvgIpc) is 3.11. The molecule has 1 amide bonds. The number of para-hydroxylation sites is 1. The van der Waals surface area contributed by atoms with Crippen molar-refractivity contribution in [3.63, 3.8) is 0 Å². The second kappa shape index (κ2) is 7.45. The van der Waals surface area contributed by atoms with Gasteiger partial charge in [0.2, 0.25) is 0 Å². The first-order chi connectivity index (χ1) is 14.3. The number of fused-ring (bicyclic) bond motifs is 3. The Morgan fingerprint density at radius 3 is 2.53 bits per heavy atom. The SMILES string of the molecule is COc1ccc(C(NC(=O)c2cnc3sc4ccccc4n3c2=O)C(F)(F)F)cc1. The lowest BCUT2D eigenvalue weighted by atomic mass is 10.1. The number of amides is 1. The summed E-state index contributed by atoms with van der Waals surface area (Å²) in [7, 11) is 1.39. The third-order valence-electron chi connectivity index (χ3n) is 4.53. The molecule has 4 aromatic rings. The van der Waals surface area contributed by atoms with Crippen molar-refractivity contribution in [2.24, 2.45) is 0 Å². The van der Waals surface area contributed by atoms with Gasteiger partial charge >= 0.3 is 6.18 Å². The Hall–Kier alpha value is -3.40. The monoisotopic (exact) mass is 433 g/mol. The van der Waals surface area contributed by atoms with E-state index in [1.54, 1.807) is 24.3 Å². The van der Waals surface area contributed by atoms with Crippen LogP contribution >= 0.6 is 11.3 Å². The highest BCUT2D eigenvalue weighted by Crippen LogP contribution is 2.33. The molecule has 154 valence electrons. The van der Waals surface area contributed by atoms with Crippen molar-refractivity contribution in [1.29, 1.82) is 0 Å². The smallest absolute Gasteiger partial charge is 0.412 e. The Morgan fingerprint density at radius 1 is 1.17 bits per heavy atom. The first-order valence-electron chi connectivity index (χ1n) is 8.70. The zero-order chi connectivity index (χ0) is 21.5. The van der Waals surface area contributed by atoms with E-state index in [1.165, 1.54) is 47.1 Å². The zero-order valence-corrected chi connectivity index (χ0v) is 16.3. The Kier molecular flexibility index (Phi) is 4.94. The molecule has 0 fully saturated rings. The number of thiazole rings is 1. The third-order valence-corrected chi connectivity index (χ3v) is 5.57. The lowest BCUT2D eigenvalue weighted by Gasteiger charge is -2.22. The molecule has 0 saturated carbocycles. The highest BCUT2D eigenvalue weighted by Gasteiger charge is 2.42. The van der Waals surface area contributed by atoms with Gasteiger partial charge in [0.15, 0.2) is 11.0 Å². The molecule has 0 bridgehead atoms. The Bertz CT molecular complexity index is 1300. The normalized spacial score (nSPS) is 12.8. The molecule has 0 radical (unpaired) electrons. The van der Waals surface area contributed by atoms with Gasteiger partial charge in [-0.2, -0.15) is 13.2 Å². The van der Waals surface area contributed by atoms with Gasteiger partial charge in [0.25, 0.3) is 11.5 Å². The predicted octanol–water partition coefficient (Wildman–Crippen LogP) is 3.95. The summed E-state index contributed by atoms with van der Waals surface area (Å²) in [6.45, 7) is 0. The van der Waals surface area contributed by atoms with Crippen molar-refractivity contribution in [2.75, 3.05) is 7.11 Å². The lowest BCUT2D eigenvalue weighted by molar-refractivity contribution is -0.155. The van der Waals surface area contributed by atoms with Crippen molar-refractivity contribution < 1.29 is 22.7 Å². The second-order valence-electron chi connectivity index (χ2n) is 6.39. The van der Waals surface area contributed by atoms with Crippen LogP contribution in [0.15, 0.2) is 59.5 Å². The van der Waals surface area contributed by atoms with Gasteiger partial charge < -0.3 is 10.1 Å². The molecule has 1 N–H and O–H groups in total. The van der Waals surface area contributed by atoms with Crippen LogP contribution in [-0.4, -0.2) is 28.6 Å². The Morgan fingerprint density at radius 2 is 1.87 bits per heavy atom. The van der Waals surface area contributed by atoms with Crippen molar-refractivity contribution >= 4 is 32.4 Å². The van der Waals surface area contributed by atoms with Gasteiger partial charge in [-0.05, 0) is 29.8 Å². The number of nitrogens with zero attached hydrogens (tertiary/aromatic N) is 2. The third kappa shape index (κ3) is 3.50. The number of hydrogen-bond acceptors (Lipinski definition) is 5. The van der Waals surface area contributed by atoms with Crippen LogP contribution in [-0.2, 0) is 0 Å². The molecular weight excluding hydrogens is 419 g/mol. The standard InChI is InChI=1S/C20H14F3N3O3S/c1-29-12-8-6-11(7-9-12)16(20(21,22)23)25-17(27)13-10-24-19-26(18(13)28)14-4-2-3-5-15(14)30-19/h2-10,16H,1H3,(H,25,27). The molecule has 0 spiro atoms. The fourth-order valence-corrected chi connectivity index (χ4v) is 4.05. The summed E-state index contributed by atoms with van der Waals surface area (Å²) >= 11 is 1.24. The number of aromatic nitrogens is 2. The maximum Gasteiger partial charge on any atom is 0.412 e. The highest BCUT2D eigenvalue weighted by molar-refractivity contribution is 7.23. The fraction of sp³-hybridized carbons (Fsp3) is 0.150. The van der Waals surface area contributed by atoms with Crippen LogP contribution in [0.4, 0.5) is 13.2 Å². The summed E-state index contributed by atoms with van der Waals surface area (Å²) < 4.78 is 47.8. The van der Waals surface area contributed by atoms with E-state index in [-0.39, 0.29) is 5.56 Å². The first kappa shape index (κ1) is 19.9. The van der Waals surface area contributed by atoms with Crippen LogP contribution in [0.1, 0.15) is 22.0 Å². The molecule has 1 atom stereocenters. The number of hydrogen-bond donors (Lipinski definition) is 1. The number of alkyl halides is 3. The van der Waals surface area contributed by atoms with E-state index in [9.17, 15) is 22.8 Å². The van der Waals surface area contributed by atoms with Crippen molar-refractivity contribution in [3.05, 3.63) is 76.2 Å². The number of benzene rings is 2. The summed E-state index contributed by atoms with van der Waals surface area (Å²) in [5.74, 6) is -0.779. The predicted molar refractivity (Wildman–Crippen MR) is 106 cm³/mol. The average molecular weight is 433 g/mol. The van der Waals surface area contributed by atoms with Crippen LogP contribution < -0.4 is 15.6 Å². The summed E-state index contributed by atoms with van der Waals surface area (Å²) in [6, 6.07) is 9.82. The maximum atomic E-state index is 13.6. The molecule has 0 aliphatic rings. The van der Waals surface area contributed by atoms with Gasteiger partial charge in [0.1, 0.15) is 11.3 Å². The summed E-state index contributed by atoms with van der Waals surface area (Å²) in [4.78, 5) is 29.9. The molecule has 30 heavy (non-hydrogen) atoms. The van der Waals surface area contributed by atoms with Crippen LogP contribution in [0.5, 0.6) is 5.75 Å². The number of halogens is 3. The highest BCUT2D eigenvalue weighted by atomic mass is 32.1. The van der Waals surface area contributed by atoms with Crippen molar-refractivity contribution in [3.8, 4) is 5.75 Å². The van der Waals surface area contributed by atoms with Gasteiger partial charge in [-0.1, -0.05) is 35.6 Å². The van der Waals surface area contributed by atoms with Crippen molar-refractivity contribution in [1.82, 2.24) is 14.7 Å². The van der Waals surface area contributed by atoms with Crippen LogP contribution in [0.3, 0.4) is 0 Å². The lowest BCUT2D eigenvalue weighted by Crippen LogP contribution is -2.40. The molecular formula is C20H14F3N3O3S. The Balaban J connectivity index is 1.73. The van der Waals surface area contributed by atoms with Crippen molar-refractivity contribution in [2.45, 2.75) is 12.2 Å². The molecule has 0 aliphatic heterocycles. The first-order valence-corrected chi connectivity index (χ1v) is 9.52. The number of rotatable bonds is 4. The second-order valence-corrected chi connectivity index (χ2v) is 7.40. The minimum absolute atomic E-state index is 0.188. The molecule has 2 heterocycles.